The molecule has 0 aromatic heterocycles. The number of benzene rings is 9. The van der Waals surface area contributed by atoms with Crippen molar-refractivity contribution in [1.82, 2.24) is 0 Å². The molecule has 9 aromatic rings. The Morgan fingerprint density at radius 3 is 1.14 bits per heavy atom. The molecule has 0 N–H and O–H groups in total. The first-order chi connectivity index (χ1) is 30.8. The molecule has 0 radical (unpaired) electrons. The van der Waals surface area contributed by atoms with Crippen LogP contribution in [0.1, 0.15) is 66.8 Å². The molecule has 3 heteroatoms. The van der Waals surface area contributed by atoms with Crippen molar-refractivity contribution in [3.8, 4) is 44.5 Å². The molecule has 0 bridgehead atoms. The highest BCUT2D eigenvalue weighted by Crippen LogP contribution is 2.64. The Bertz CT molecular complexity index is 3440. The number of hydrogen-bond acceptors (Lipinski definition) is 2. The van der Waals surface area contributed by atoms with Crippen LogP contribution in [0.4, 0.5) is 0 Å². The van der Waals surface area contributed by atoms with E-state index in [1.54, 1.807) is 18.2 Å². The number of fused-ring (bicyclic) bond motifs is 20. The summed E-state index contributed by atoms with van der Waals surface area (Å²) >= 11 is 0. The predicted molar refractivity (Wildman–Crippen MR) is 254 cm³/mol. The zero-order valence-electron chi connectivity index (χ0n) is 35.1. The summed E-state index contributed by atoms with van der Waals surface area (Å²) in [6, 6.07) is 69.2. The van der Waals surface area contributed by atoms with Crippen molar-refractivity contribution >= 4 is 9.84 Å². The summed E-state index contributed by atoms with van der Waals surface area (Å²) in [7, 11) is -3.83. The molecule has 9 aromatic carbocycles. The quantitative estimate of drug-likeness (QED) is 0.173. The van der Waals surface area contributed by atoms with Gasteiger partial charge in [-0.05, 0) is 151 Å². The number of hydrogen-bond donors (Lipinski definition) is 0. The molecule has 0 aliphatic heterocycles. The van der Waals surface area contributed by atoms with E-state index in [2.05, 4.69) is 166 Å². The van der Waals surface area contributed by atoms with Crippen LogP contribution >= 0.6 is 0 Å². The van der Waals surface area contributed by atoms with Crippen molar-refractivity contribution in [2.24, 2.45) is 0 Å². The van der Waals surface area contributed by atoms with Gasteiger partial charge in [-0.25, -0.2) is 8.42 Å². The van der Waals surface area contributed by atoms with Gasteiger partial charge in [0.05, 0.1) is 20.6 Å². The molecule has 63 heavy (non-hydrogen) atoms. The largest absolute Gasteiger partial charge is 0.219 e. The Balaban J connectivity index is 0.843. The lowest BCUT2D eigenvalue weighted by Gasteiger charge is -2.31. The molecule has 0 unspecified atom stereocenters. The minimum absolute atomic E-state index is 0.310. The minimum atomic E-state index is -3.83. The van der Waals surface area contributed by atoms with Crippen LogP contribution < -0.4 is 0 Å². The summed E-state index contributed by atoms with van der Waals surface area (Å²) in [6.07, 6.45) is 1.63. The van der Waals surface area contributed by atoms with Gasteiger partial charge < -0.3 is 0 Å². The van der Waals surface area contributed by atoms with E-state index in [0.717, 1.165) is 35.1 Å². The average Bonchev–Trinajstić information content (AvgIpc) is 3.99. The summed E-state index contributed by atoms with van der Waals surface area (Å²) in [5, 5.41) is 0. The van der Waals surface area contributed by atoms with Gasteiger partial charge in [0.2, 0.25) is 9.84 Å². The van der Waals surface area contributed by atoms with E-state index in [4.69, 9.17) is 0 Å². The zero-order valence-corrected chi connectivity index (χ0v) is 35.9. The Morgan fingerprint density at radius 2 is 0.651 bits per heavy atom. The molecule has 0 saturated carbocycles. The van der Waals surface area contributed by atoms with Crippen LogP contribution in [0.2, 0.25) is 0 Å². The molecule has 4 aliphatic rings. The van der Waals surface area contributed by atoms with E-state index < -0.39 is 15.3 Å². The Kier molecular flexibility index (Phi) is 7.54. The van der Waals surface area contributed by atoms with E-state index in [1.807, 2.05) is 24.3 Å². The first-order valence-electron chi connectivity index (χ1n) is 22.0. The molecule has 13 rings (SSSR count). The fraction of sp³-hybridized carbons (Fsp3) is 0.100. The molecular weight excluding hydrogens is 785 g/mol. The highest BCUT2D eigenvalue weighted by Gasteiger charge is 2.53. The maximum Gasteiger partial charge on any atom is 0.206 e. The van der Waals surface area contributed by atoms with E-state index in [1.165, 1.54) is 89.0 Å². The van der Waals surface area contributed by atoms with Crippen LogP contribution in [-0.2, 0) is 33.5 Å². The van der Waals surface area contributed by atoms with Gasteiger partial charge in [-0.1, -0.05) is 181 Å². The van der Waals surface area contributed by atoms with Crippen LogP contribution in [0, 0.1) is 13.8 Å². The van der Waals surface area contributed by atoms with Crippen molar-refractivity contribution in [2.75, 3.05) is 0 Å². The predicted octanol–water partition coefficient (Wildman–Crippen LogP) is 13.6. The smallest absolute Gasteiger partial charge is 0.206 e. The van der Waals surface area contributed by atoms with Crippen molar-refractivity contribution in [1.29, 1.82) is 0 Å². The van der Waals surface area contributed by atoms with Gasteiger partial charge in [-0.2, -0.15) is 0 Å². The average molecular weight is 827 g/mol. The lowest BCUT2D eigenvalue weighted by Crippen LogP contribution is -2.26. The molecule has 4 aliphatic carbocycles. The van der Waals surface area contributed by atoms with Crippen LogP contribution in [0.5, 0.6) is 0 Å². The third-order valence-electron chi connectivity index (χ3n) is 14.8. The summed E-state index contributed by atoms with van der Waals surface area (Å²) in [5.74, 6) is 0. The maximum atomic E-state index is 14.6. The zero-order chi connectivity index (χ0) is 42.2. The van der Waals surface area contributed by atoms with Gasteiger partial charge in [-0.15, -0.1) is 0 Å². The normalized spacial score (nSPS) is 14.7. The molecule has 0 saturated heterocycles. The molecule has 0 amide bonds. The number of rotatable bonds is 5. The van der Waals surface area contributed by atoms with Crippen LogP contribution in [-0.4, -0.2) is 8.42 Å². The van der Waals surface area contributed by atoms with Crippen LogP contribution in [0.3, 0.4) is 0 Å². The molecule has 2 nitrogen and oxygen atoms in total. The molecule has 300 valence electrons. The van der Waals surface area contributed by atoms with Gasteiger partial charge in [0.1, 0.15) is 0 Å². The number of aryl methyl sites for hydroxylation is 4. The third-order valence-corrected chi connectivity index (χ3v) is 16.5. The van der Waals surface area contributed by atoms with Gasteiger partial charge >= 0.3 is 0 Å². The number of sulfone groups is 1. The molecule has 0 atom stereocenters. The van der Waals surface area contributed by atoms with Gasteiger partial charge in [0, 0.05) is 0 Å². The molecule has 0 fully saturated rings. The second-order valence-electron chi connectivity index (χ2n) is 18.0. The molecule has 0 heterocycles. The topological polar surface area (TPSA) is 34.1 Å². The Morgan fingerprint density at radius 1 is 0.317 bits per heavy atom. The summed E-state index contributed by atoms with van der Waals surface area (Å²) in [4.78, 5) is 0.626. The molecule has 2 spiro atoms. The minimum Gasteiger partial charge on any atom is -0.219 e. The Hall–Kier alpha value is -7.07. The van der Waals surface area contributed by atoms with Crippen molar-refractivity contribution in [3.63, 3.8) is 0 Å². The lowest BCUT2D eigenvalue weighted by atomic mass is 9.70. The highest BCUT2D eigenvalue weighted by molar-refractivity contribution is 7.91. The Labute approximate surface area is 369 Å². The van der Waals surface area contributed by atoms with E-state index >= 15 is 0 Å². The van der Waals surface area contributed by atoms with E-state index in [9.17, 15) is 8.42 Å². The fourth-order valence-corrected chi connectivity index (χ4v) is 13.4. The second-order valence-corrected chi connectivity index (χ2v) is 20.0. The lowest BCUT2D eigenvalue weighted by molar-refractivity contribution is 0.595. The fourth-order valence-electron chi connectivity index (χ4n) is 12.1. The SMILES string of the molecule is Cc1ccc2c(c1)C1(c3ccccc3-c3ccc(CCc4ccc(S(=O)(=O)c5ccc6c(c5)C5(c7ccccc7-c7ccccc75)c5ccccc5-6)cc4)cc31)c1cc(C)ccc1-2. The summed E-state index contributed by atoms with van der Waals surface area (Å²) in [5.41, 5.74) is 23.8. The molecular formula is C60H42O2S. The second kappa shape index (κ2) is 13.0. The van der Waals surface area contributed by atoms with Crippen LogP contribution in [0.25, 0.3) is 44.5 Å². The summed E-state index contributed by atoms with van der Waals surface area (Å²) in [6.45, 7) is 4.40. The first kappa shape index (κ1) is 36.6. The maximum absolute atomic E-state index is 14.6. The van der Waals surface area contributed by atoms with E-state index in [-0.39, 0.29) is 5.41 Å². The standard InChI is InChI=1S/C60H42O2S/c1-37-19-29-47-48-30-20-38(2)34-56(48)60(55(47)33-37)54-18-10-6-13-45(54)49-31-25-40(35-57(49)60)22-21-39-23-26-41(27-24-39)63(61,62)42-28-32-50-46-14-5-9-17-53(46)59(58(50)36-42)51-15-7-3-11-43(51)44-12-4-8-16-52(44)59/h3-20,23-36H,21-22H2,1-2H3. The van der Waals surface area contributed by atoms with Gasteiger partial charge in [0.15, 0.2) is 0 Å². The van der Waals surface area contributed by atoms with E-state index in [0.29, 0.717) is 9.79 Å². The first-order valence-corrected chi connectivity index (χ1v) is 23.5. The highest BCUT2D eigenvalue weighted by atomic mass is 32.2. The van der Waals surface area contributed by atoms with Crippen molar-refractivity contribution < 1.29 is 8.42 Å². The van der Waals surface area contributed by atoms with Crippen molar-refractivity contribution in [2.45, 2.75) is 47.3 Å². The van der Waals surface area contributed by atoms with Crippen molar-refractivity contribution in [3.05, 3.63) is 261 Å². The third kappa shape index (κ3) is 4.75. The van der Waals surface area contributed by atoms with Crippen LogP contribution in [0.15, 0.2) is 204 Å². The summed E-state index contributed by atoms with van der Waals surface area (Å²) < 4.78 is 29.3. The van der Waals surface area contributed by atoms with Gasteiger partial charge in [0.25, 0.3) is 0 Å². The van der Waals surface area contributed by atoms with Gasteiger partial charge in [-0.3, -0.25) is 0 Å². The monoisotopic (exact) mass is 826 g/mol.